The molecule has 7 nitrogen and oxygen atoms in total. The quantitative estimate of drug-likeness (QED) is 0.517. The van der Waals surface area contributed by atoms with Gasteiger partial charge in [0, 0.05) is 23.3 Å². The minimum Gasteiger partial charge on any atom is -0.288 e. The van der Waals surface area contributed by atoms with Crippen LogP contribution in [0.15, 0.2) is 35.6 Å². The Morgan fingerprint density at radius 3 is 2.77 bits per heavy atom. The molecule has 0 bridgehead atoms. The second-order valence-electron chi connectivity index (χ2n) is 6.32. The Morgan fingerprint density at radius 1 is 1.08 bits per heavy atom. The first-order chi connectivity index (χ1) is 12.5. The van der Waals surface area contributed by atoms with Crippen LogP contribution in [0.3, 0.4) is 0 Å². The SMILES string of the molecule is Cc1cc(C)n2cc(CSc3nnnn3-c3cccc(C)c3C)nc2n1. The van der Waals surface area contributed by atoms with Gasteiger partial charge in [-0.2, -0.15) is 4.68 Å². The molecule has 0 aliphatic carbocycles. The van der Waals surface area contributed by atoms with E-state index < -0.39 is 0 Å². The number of hydrogen-bond acceptors (Lipinski definition) is 6. The van der Waals surface area contributed by atoms with E-state index in [9.17, 15) is 0 Å². The van der Waals surface area contributed by atoms with Gasteiger partial charge in [0.2, 0.25) is 10.9 Å². The Kier molecular flexibility index (Phi) is 4.20. The van der Waals surface area contributed by atoms with Crippen LogP contribution in [-0.4, -0.2) is 34.6 Å². The number of rotatable bonds is 4. The van der Waals surface area contributed by atoms with Crippen molar-refractivity contribution < 1.29 is 0 Å². The smallest absolute Gasteiger partial charge is 0.234 e. The normalized spacial score (nSPS) is 11.4. The summed E-state index contributed by atoms with van der Waals surface area (Å²) in [4.78, 5) is 9.11. The first-order valence-corrected chi connectivity index (χ1v) is 9.31. The third-order valence-electron chi connectivity index (χ3n) is 4.41. The van der Waals surface area contributed by atoms with Crippen LogP contribution < -0.4 is 0 Å². The van der Waals surface area contributed by atoms with Crippen LogP contribution >= 0.6 is 11.8 Å². The van der Waals surface area contributed by atoms with E-state index in [-0.39, 0.29) is 0 Å². The molecule has 0 saturated heterocycles. The fourth-order valence-corrected chi connectivity index (χ4v) is 3.68. The first-order valence-electron chi connectivity index (χ1n) is 8.33. The molecule has 0 aliphatic heterocycles. The molecule has 0 spiro atoms. The average Bonchev–Trinajstić information content (AvgIpc) is 3.22. The van der Waals surface area contributed by atoms with Gasteiger partial charge in [0.15, 0.2) is 0 Å². The van der Waals surface area contributed by atoms with Gasteiger partial charge >= 0.3 is 0 Å². The Hall–Kier alpha value is -2.74. The van der Waals surface area contributed by atoms with Gasteiger partial charge in [0.25, 0.3) is 0 Å². The Bertz CT molecular complexity index is 1100. The van der Waals surface area contributed by atoms with Crippen LogP contribution in [0, 0.1) is 27.7 Å². The van der Waals surface area contributed by atoms with Crippen molar-refractivity contribution in [3.8, 4) is 5.69 Å². The van der Waals surface area contributed by atoms with Crippen LogP contribution in [0.25, 0.3) is 11.5 Å². The van der Waals surface area contributed by atoms with E-state index >= 15 is 0 Å². The summed E-state index contributed by atoms with van der Waals surface area (Å²) in [5.74, 6) is 1.40. The number of aryl methyl sites for hydroxylation is 3. The van der Waals surface area contributed by atoms with E-state index in [1.54, 1.807) is 16.4 Å². The zero-order chi connectivity index (χ0) is 18.3. The highest BCUT2D eigenvalue weighted by Gasteiger charge is 2.13. The van der Waals surface area contributed by atoms with Gasteiger partial charge in [-0.3, -0.25) is 4.40 Å². The highest BCUT2D eigenvalue weighted by molar-refractivity contribution is 7.98. The van der Waals surface area contributed by atoms with Crippen molar-refractivity contribution in [1.29, 1.82) is 0 Å². The monoisotopic (exact) mass is 365 g/mol. The van der Waals surface area contributed by atoms with Gasteiger partial charge in [-0.25, -0.2) is 9.97 Å². The minimum atomic E-state index is 0.674. The number of imidazole rings is 1. The number of tetrazole rings is 1. The van der Waals surface area contributed by atoms with Crippen molar-refractivity contribution in [2.75, 3.05) is 0 Å². The van der Waals surface area contributed by atoms with Crippen molar-refractivity contribution in [3.63, 3.8) is 0 Å². The number of nitrogens with zero attached hydrogens (tertiary/aromatic N) is 7. The number of hydrogen-bond donors (Lipinski definition) is 0. The van der Waals surface area contributed by atoms with Crippen LogP contribution in [0.4, 0.5) is 0 Å². The van der Waals surface area contributed by atoms with E-state index in [1.807, 2.05) is 35.7 Å². The van der Waals surface area contributed by atoms with Crippen molar-refractivity contribution in [2.45, 2.75) is 38.6 Å². The van der Waals surface area contributed by atoms with E-state index in [1.165, 1.54) is 11.1 Å². The summed E-state index contributed by atoms with van der Waals surface area (Å²) in [6.45, 7) is 8.21. The van der Waals surface area contributed by atoms with Gasteiger partial charge < -0.3 is 0 Å². The van der Waals surface area contributed by atoms with Gasteiger partial charge in [-0.15, -0.1) is 5.10 Å². The highest BCUT2D eigenvalue weighted by Crippen LogP contribution is 2.25. The average molecular weight is 365 g/mol. The molecule has 0 atom stereocenters. The van der Waals surface area contributed by atoms with Crippen molar-refractivity contribution in [3.05, 3.63) is 58.7 Å². The van der Waals surface area contributed by atoms with Crippen molar-refractivity contribution in [2.24, 2.45) is 0 Å². The van der Waals surface area contributed by atoms with Gasteiger partial charge in [-0.05, 0) is 61.4 Å². The zero-order valence-corrected chi connectivity index (χ0v) is 15.9. The molecule has 3 aromatic heterocycles. The summed E-state index contributed by atoms with van der Waals surface area (Å²) in [7, 11) is 0. The first kappa shape index (κ1) is 16.7. The number of benzene rings is 1. The molecule has 1 aromatic carbocycles. The molecule has 0 unspecified atom stereocenters. The molecule has 4 aromatic rings. The molecule has 0 fully saturated rings. The topological polar surface area (TPSA) is 73.8 Å². The maximum atomic E-state index is 4.62. The van der Waals surface area contributed by atoms with Crippen molar-refractivity contribution in [1.82, 2.24) is 34.6 Å². The van der Waals surface area contributed by atoms with E-state index in [4.69, 9.17) is 0 Å². The third kappa shape index (κ3) is 2.96. The lowest BCUT2D eigenvalue weighted by Gasteiger charge is -2.09. The van der Waals surface area contributed by atoms with Crippen molar-refractivity contribution >= 4 is 17.5 Å². The summed E-state index contributed by atoms with van der Waals surface area (Å²) in [5, 5.41) is 12.9. The lowest BCUT2D eigenvalue weighted by Crippen LogP contribution is -2.02. The molecule has 0 saturated carbocycles. The van der Waals surface area contributed by atoms with Gasteiger partial charge in [0.1, 0.15) is 0 Å². The molecule has 26 heavy (non-hydrogen) atoms. The third-order valence-corrected chi connectivity index (χ3v) is 5.36. The maximum Gasteiger partial charge on any atom is 0.234 e. The van der Waals surface area contributed by atoms with E-state index in [0.29, 0.717) is 5.75 Å². The van der Waals surface area contributed by atoms with Crippen LogP contribution in [0.5, 0.6) is 0 Å². The molecule has 0 aliphatic rings. The predicted molar refractivity (Wildman–Crippen MR) is 101 cm³/mol. The molecule has 4 rings (SSSR count). The van der Waals surface area contributed by atoms with Crippen LogP contribution in [0.1, 0.15) is 28.2 Å². The number of thioether (sulfide) groups is 1. The molecule has 0 radical (unpaired) electrons. The Morgan fingerprint density at radius 2 is 1.92 bits per heavy atom. The summed E-state index contributed by atoms with van der Waals surface area (Å²) in [5.41, 5.74) is 6.43. The number of fused-ring (bicyclic) bond motifs is 1. The second-order valence-corrected chi connectivity index (χ2v) is 7.26. The summed E-state index contributed by atoms with van der Waals surface area (Å²) in [6, 6.07) is 8.19. The number of aromatic nitrogens is 7. The minimum absolute atomic E-state index is 0.674. The second kappa shape index (κ2) is 6.53. The fraction of sp³-hybridized carbons (Fsp3) is 0.278. The zero-order valence-electron chi connectivity index (χ0n) is 15.1. The molecule has 0 N–H and O–H groups in total. The van der Waals surface area contributed by atoms with E-state index in [0.717, 1.165) is 33.7 Å². The predicted octanol–water partition coefficient (Wildman–Crippen LogP) is 3.23. The summed E-state index contributed by atoms with van der Waals surface area (Å²) < 4.78 is 3.80. The standard InChI is InChI=1S/C18H19N7S/c1-11-6-5-7-16(14(11)4)25-18(21-22-23-25)26-10-15-9-24-13(3)8-12(2)19-17(24)20-15/h5-9H,10H2,1-4H3. The fourth-order valence-electron chi connectivity index (χ4n) is 2.91. The van der Waals surface area contributed by atoms with Crippen LogP contribution in [0.2, 0.25) is 0 Å². The molecular formula is C18H19N7S. The van der Waals surface area contributed by atoms with E-state index in [2.05, 4.69) is 52.3 Å². The largest absolute Gasteiger partial charge is 0.288 e. The summed E-state index contributed by atoms with van der Waals surface area (Å²) >= 11 is 1.56. The van der Waals surface area contributed by atoms with Gasteiger partial charge in [0.05, 0.1) is 11.4 Å². The highest BCUT2D eigenvalue weighted by atomic mass is 32.2. The lowest BCUT2D eigenvalue weighted by molar-refractivity contribution is 0.751. The summed E-state index contributed by atoms with van der Waals surface area (Å²) in [6.07, 6.45) is 2.02. The molecule has 0 amide bonds. The lowest BCUT2D eigenvalue weighted by atomic mass is 10.1. The molecular weight excluding hydrogens is 346 g/mol. The Labute approximate surface area is 155 Å². The maximum absolute atomic E-state index is 4.62. The molecule has 8 heteroatoms. The van der Waals surface area contributed by atoms with Crippen LogP contribution in [-0.2, 0) is 5.75 Å². The van der Waals surface area contributed by atoms with Gasteiger partial charge in [-0.1, -0.05) is 23.9 Å². The molecule has 132 valence electrons. The molecule has 3 heterocycles. The Balaban J connectivity index is 1.61.